The number of rotatable bonds is 4. The second kappa shape index (κ2) is 5.18. The lowest BCUT2D eigenvalue weighted by Gasteiger charge is -2.24. The third-order valence-electron chi connectivity index (χ3n) is 2.72. The van der Waals surface area contributed by atoms with Gasteiger partial charge in [0.05, 0.1) is 16.6 Å². The van der Waals surface area contributed by atoms with Gasteiger partial charge in [0, 0.05) is 19.3 Å². The minimum Gasteiger partial charge on any atom is -0.379 e. The van der Waals surface area contributed by atoms with Gasteiger partial charge < -0.3 is 15.4 Å². The van der Waals surface area contributed by atoms with Crippen molar-refractivity contribution >= 4 is 27.7 Å². The summed E-state index contributed by atoms with van der Waals surface area (Å²) in [6.07, 6.45) is 2.74. The Bertz CT molecular complexity index is 393. The number of ether oxygens (including phenoxy) is 1. The molecule has 1 fully saturated rings. The van der Waals surface area contributed by atoms with Gasteiger partial charge in [-0.3, -0.25) is 0 Å². The fourth-order valence-electron chi connectivity index (χ4n) is 1.75. The summed E-state index contributed by atoms with van der Waals surface area (Å²) in [4.78, 5) is 8.62. The van der Waals surface area contributed by atoms with Crippen LogP contribution in [0, 0.1) is 0 Å². The number of nitrogens with one attached hydrogen (secondary N) is 2. The number of halogens is 1. The molecule has 94 valence electrons. The highest BCUT2D eigenvalue weighted by molar-refractivity contribution is 9.10. The largest absolute Gasteiger partial charge is 0.379 e. The molecule has 6 heteroatoms. The molecule has 2 N–H and O–H groups in total. The van der Waals surface area contributed by atoms with E-state index in [-0.39, 0.29) is 5.54 Å². The predicted octanol–water partition coefficient (Wildman–Crippen LogP) is 2.26. The van der Waals surface area contributed by atoms with Crippen LogP contribution in [0.4, 0.5) is 11.8 Å². The molecule has 1 aliphatic rings. The van der Waals surface area contributed by atoms with Crippen LogP contribution in [0.5, 0.6) is 0 Å². The van der Waals surface area contributed by atoms with E-state index >= 15 is 0 Å². The van der Waals surface area contributed by atoms with Gasteiger partial charge >= 0.3 is 0 Å². The summed E-state index contributed by atoms with van der Waals surface area (Å²) in [6, 6.07) is 0. The summed E-state index contributed by atoms with van der Waals surface area (Å²) in [6.45, 7) is 6.47. The molecule has 0 aromatic carbocycles. The lowest BCUT2D eigenvalue weighted by Crippen LogP contribution is -2.35. The number of hydrogen-bond donors (Lipinski definition) is 2. The van der Waals surface area contributed by atoms with Crippen LogP contribution in [0.1, 0.15) is 20.3 Å². The number of nitrogens with zero attached hydrogens (tertiary/aromatic N) is 2. The van der Waals surface area contributed by atoms with Crippen LogP contribution in [-0.2, 0) is 4.74 Å². The molecule has 2 heterocycles. The van der Waals surface area contributed by atoms with Crippen molar-refractivity contribution < 1.29 is 4.74 Å². The molecule has 0 spiro atoms. The Morgan fingerprint density at radius 3 is 3.06 bits per heavy atom. The quantitative estimate of drug-likeness (QED) is 0.893. The van der Waals surface area contributed by atoms with Gasteiger partial charge in [-0.05, 0) is 36.2 Å². The van der Waals surface area contributed by atoms with Gasteiger partial charge in [-0.1, -0.05) is 0 Å². The highest BCUT2D eigenvalue weighted by atomic mass is 79.9. The Morgan fingerprint density at radius 1 is 1.59 bits per heavy atom. The van der Waals surface area contributed by atoms with Gasteiger partial charge in [0.15, 0.2) is 0 Å². The van der Waals surface area contributed by atoms with Gasteiger partial charge in [0.2, 0.25) is 5.95 Å². The standard InChI is InChI=1S/C11H17BrN4O/c1-3-13-10-14-6-8(12)9(15-10)16-11(2)4-5-17-7-11/h6H,3-5,7H2,1-2H3,(H2,13,14,15,16). The molecule has 0 aliphatic carbocycles. The Morgan fingerprint density at radius 2 is 2.41 bits per heavy atom. The average Bonchev–Trinajstić information content (AvgIpc) is 2.70. The normalized spacial score (nSPS) is 23.7. The fourth-order valence-corrected chi connectivity index (χ4v) is 2.04. The van der Waals surface area contributed by atoms with E-state index < -0.39 is 0 Å². The van der Waals surface area contributed by atoms with Crippen molar-refractivity contribution in [1.82, 2.24) is 9.97 Å². The molecule has 2 rings (SSSR count). The van der Waals surface area contributed by atoms with E-state index in [1.54, 1.807) is 6.20 Å². The summed E-state index contributed by atoms with van der Waals surface area (Å²) in [5.41, 5.74) is -0.0413. The number of hydrogen-bond acceptors (Lipinski definition) is 5. The van der Waals surface area contributed by atoms with E-state index in [0.717, 1.165) is 29.9 Å². The first-order valence-electron chi connectivity index (χ1n) is 5.75. The Hall–Kier alpha value is -0.880. The van der Waals surface area contributed by atoms with E-state index in [2.05, 4.69) is 43.5 Å². The van der Waals surface area contributed by atoms with E-state index in [0.29, 0.717) is 12.6 Å². The average molecular weight is 301 g/mol. The molecule has 5 nitrogen and oxygen atoms in total. The van der Waals surface area contributed by atoms with E-state index in [1.165, 1.54) is 0 Å². The summed E-state index contributed by atoms with van der Waals surface area (Å²) >= 11 is 3.46. The predicted molar refractivity (Wildman–Crippen MR) is 71.4 cm³/mol. The Balaban J connectivity index is 2.16. The second-order valence-corrected chi connectivity index (χ2v) is 5.26. The van der Waals surface area contributed by atoms with E-state index in [1.807, 2.05) is 6.92 Å². The van der Waals surface area contributed by atoms with Crippen LogP contribution in [0.25, 0.3) is 0 Å². The molecule has 0 saturated carbocycles. The van der Waals surface area contributed by atoms with E-state index in [9.17, 15) is 0 Å². The fraction of sp³-hybridized carbons (Fsp3) is 0.636. The maximum Gasteiger partial charge on any atom is 0.224 e. The minimum atomic E-state index is -0.0413. The molecule has 0 amide bonds. The molecular formula is C11H17BrN4O. The first kappa shape index (κ1) is 12.6. The highest BCUT2D eigenvalue weighted by Gasteiger charge is 2.30. The molecular weight excluding hydrogens is 284 g/mol. The van der Waals surface area contributed by atoms with Crippen molar-refractivity contribution in [2.45, 2.75) is 25.8 Å². The van der Waals surface area contributed by atoms with Crippen LogP contribution >= 0.6 is 15.9 Å². The molecule has 1 aromatic rings. The first-order valence-corrected chi connectivity index (χ1v) is 6.54. The highest BCUT2D eigenvalue weighted by Crippen LogP contribution is 2.27. The van der Waals surface area contributed by atoms with Gasteiger partial charge in [-0.25, -0.2) is 4.98 Å². The lowest BCUT2D eigenvalue weighted by molar-refractivity contribution is 0.185. The monoisotopic (exact) mass is 300 g/mol. The van der Waals surface area contributed by atoms with Crippen molar-refractivity contribution in [3.63, 3.8) is 0 Å². The van der Waals surface area contributed by atoms with Gasteiger partial charge in [0.25, 0.3) is 0 Å². The van der Waals surface area contributed by atoms with Crippen molar-refractivity contribution in [3.8, 4) is 0 Å². The molecule has 0 bridgehead atoms. The molecule has 1 aliphatic heterocycles. The lowest BCUT2D eigenvalue weighted by atomic mass is 10.0. The number of aromatic nitrogens is 2. The third-order valence-corrected chi connectivity index (χ3v) is 3.30. The molecule has 1 saturated heterocycles. The maximum absolute atomic E-state index is 5.41. The summed E-state index contributed by atoms with van der Waals surface area (Å²) in [7, 11) is 0. The molecule has 1 atom stereocenters. The van der Waals surface area contributed by atoms with Gasteiger partial charge in [-0.15, -0.1) is 0 Å². The molecule has 17 heavy (non-hydrogen) atoms. The third kappa shape index (κ3) is 3.07. The second-order valence-electron chi connectivity index (χ2n) is 4.41. The van der Waals surface area contributed by atoms with Crippen LogP contribution in [-0.4, -0.2) is 35.3 Å². The zero-order valence-electron chi connectivity index (χ0n) is 10.1. The minimum absolute atomic E-state index is 0.0413. The van der Waals surface area contributed by atoms with Gasteiger partial charge in [-0.2, -0.15) is 4.98 Å². The SMILES string of the molecule is CCNc1ncc(Br)c(NC2(C)CCOC2)n1. The molecule has 1 aromatic heterocycles. The Labute approximate surface area is 110 Å². The maximum atomic E-state index is 5.41. The smallest absolute Gasteiger partial charge is 0.224 e. The number of anilines is 2. The van der Waals surface area contributed by atoms with Crippen molar-refractivity contribution in [2.24, 2.45) is 0 Å². The Kier molecular flexibility index (Phi) is 3.83. The van der Waals surface area contributed by atoms with Crippen molar-refractivity contribution in [2.75, 3.05) is 30.4 Å². The first-order chi connectivity index (χ1) is 8.13. The van der Waals surface area contributed by atoms with Crippen LogP contribution in [0.15, 0.2) is 10.7 Å². The molecule has 0 radical (unpaired) electrons. The van der Waals surface area contributed by atoms with E-state index in [4.69, 9.17) is 4.74 Å². The van der Waals surface area contributed by atoms with Crippen LogP contribution < -0.4 is 10.6 Å². The summed E-state index contributed by atoms with van der Waals surface area (Å²) < 4.78 is 6.28. The van der Waals surface area contributed by atoms with Crippen LogP contribution in [0.2, 0.25) is 0 Å². The summed E-state index contributed by atoms with van der Waals surface area (Å²) in [5.74, 6) is 1.45. The topological polar surface area (TPSA) is 59.1 Å². The zero-order chi connectivity index (χ0) is 12.3. The van der Waals surface area contributed by atoms with Crippen LogP contribution in [0.3, 0.4) is 0 Å². The summed E-state index contributed by atoms with van der Waals surface area (Å²) in [5, 5.41) is 6.52. The molecule has 1 unspecified atom stereocenters. The zero-order valence-corrected chi connectivity index (χ0v) is 11.7. The van der Waals surface area contributed by atoms with Crippen molar-refractivity contribution in [1.29, 1.82) is 0 Å². The van der Waals surface area contributed by atoms with Crippen molar-refractivity contribution in [3.05, 3.63) is 10.7 Å². The van der Waals surface area contributed by atoms with Gasteiger partial charge in [0.1, 0.15) is 5.82 Å².